The smallest absolute Gasteiger partial charge is 0.258 e. The van der Waals surface area contributed by atoms with Crippen LogP contribution < -0.4 is 10.1 Å². The van der Waals surface area contributed by atoms with Crippen molar-refractivity contribution < 1.29 is 9.26 Å². The van der Waals surface area contributed by atoms with Crippen molar-refractivity contribution in [2.45, 2.75) is 19.8 Å². The summed E-state index contributed by atoms with van der Waals surface area (Å²) in [5.41, 5.74) is 0.886. The summed E-state index contributed by atoms with van der Waals surface area (Å²) >= 11 is 0. The van der Waals surface area contributed by atoms with Gasteiger partial charge in [0.15, 0.2) is 5.82 Å². The molecule has 1 aromatic carbocycles. The summed E-state index contributed by atoms with van der Waals surface area (Å²) in [6.07, 6.45) is 1.74. The second-order valence-corrected chi connectivity index (χ2v) is 4.25. The first-order valence-corrected chi connectivity index (χ1v) is 6.54. The molecule has 0 unspecified atom stereocenters. The maximum absolute atomic E-state index is 5.59. The molecule has 0 aliphatic rings. The van der Waals surface area contributed by atoms with Gasteiger partial charge in [-0.15, -0.1) is 0 Å². The number of nitrogens with zero attached hydrogens (tertiary/aromatic N) is 2. The molecule has 0 bridgehead atoms. The highest BCUT2D eigenvalue weighted by molar-refractivity contribution is 5.55. The van der Waals surface area contributed by atoms with Gasteiger partial charge < -0.3 is 14.6 Å². The van der Waals surface area contributed by atoms with Gasteiger partial charge in [0.25, 0.3) is 5.89 Å². The Bertz CT molecular complexity index is 511. The fourth-order valence-corrected chi connectivity index (χ4v) is 1.65. The number of benzene rings is 1. The van der Waals surface area contributed by atoms with Gasteiger partial charge in [0.2, 0.25) is 0 Å². The predicted molar refractivity (Wildman–Crippen MR) is 73.2 cm³/mol. The minimum absolute atomic E-state index is 0.535. The van der Waals surface area contributed by atoms with E-state index in [2.05, 4.69) is 22.4 Å². The maximum atomic E-state index is 5.59. The minimum atomic E-state index is 0.535. The van der Waals surface area contributed by atoms with Crippen LogP contribution in [0.25, 0.3) is 11.5 Å². The molecular weight excluding hydrogens is 242 g/mol. The van der Waals surface area contributed by atoms with E-state index in [-0.39, 0.29) is 0 Å². The molecule has 0 spiro atoms. The van der Waals surface area contributed by atoms with Crippen LogP contribution in [0.2, 0.25) is 0 Å². The lowest BCUT2D eigenvalue weighted by atomic mass is 10.2. The average molecular weight is 261 g/mol. The second-order valence-electron chi connectivity index (χ2n) is 4.25. The lowest BCUT2D eigenvalue weighted by Crippen LogP contribution is -2.10. The molecule has 0 atom stereocenters. The zero-order valence-corrected chi connectivity index (χ0v) is 11.3. The van der Waals surface area contributed by atoms with Gasteiger partial charge >= 0.3 is 0 Å². The Hall–Kier alpha value is -1.88. The molecule has 0 amide bonds. The molecule has 2 aromatic rings. The zero-order chi connectivity index (χ0) is 13.5. The summed E-state index contributed by atoms with van der Waals surface area (Å²) in [7, 11) is 1.90. The summed E-state index contributed by atoms with van der Waals surface area (Å²) in [5, 5.41) is 7.01. The third-order valence-corrected chi connectivity index (χ3v) is 2.62. The Morgan fingerprint density at radius 1 is 1.37 bits per heavy atom. The summed E-state index contributed by atoms with van der Waals surface area (Å²) in [6, 6.07) is 7.72. The second kappa shape index (κ2) is 6.89. The van der Waals surface area contributed by atoms with Gasteiger partial charge in [-0.05, 0) is 31.7 Å². The summed E-state index contributed by atoms with van der Waals surface area (Å²) in [4.78, 5) is 4.37. The van der Waals surface area contributed by atoms with Crippen molar-refractivity contribution >= 4 is 0 Å². The predicted octanol–water partition coefficient (Wildman–Crippen LogP) is 2.29. The number of aromatic nitrogens is 2. The van der Waals surface area contributed by atoms with Crippen molar-refractivity contribution in [2.75, 3.05) is 20.2 Å². The highest BCUT2D eigenvalue weighted by Gasteiger charge is 2.09. The number of hydrogen-bond acceptors (Lipinski definition) is 5. The van der Waals surface area contributed by atoms with Crippen molar-refractivity contribution in [3.8, 4) is 17.2 Å². The first-order valence-electron chi connectivity index (χ1n) is 6.54. The van der Waals surface area contributed by atoms with Crippen molar-refractivity contribution in [1.29, 1.82) is 0 Å². The van der Waals surface area contributed by atoms with E-state index in [0.29, 0.717) is 18.3 Å². The van der Waals surface area contributed by atoms with Gasteiger partial charge in [-0.2, -0.15) is 4.98 Å². The maximum Gasteiger partial charge on any atom is 0.258 e. The van der Waals surface area contributed by atoms with Crippen LogP contribution in [0.5, 0.6) is 5.75 Å². The molecule has 19 heavy (non-hydrogen) atoms. The molecule has 1 N–H and O–H groups in total. The number of rotatable bonds is 7. The standard InChI is InChI=1S/C14H19N3O2/c1-3-9-18-12-6-4-5-11(10-12)14-16-13(17-19-14)7-8-15-2/h4-6,10,15H,3,7-9H2,1-2H3. The number of nitrogens with one attached hydrogen (secondary N) is 1. The molecular formula is C14H19N3O2. The summed E-state index contributed by atoms with van der Waals surface area (Å²) in [6.45, 7) is 3.62. The van der Waals surface area contributed by atoms with Gasteiger partial charge in [0, 0.05) is 18.5 Å². The largest absolute Gasteiger partial charge is 0.494 e. The Kier molecular flexibility index (Phi) is 4.92. The molecule has 1 aromatic heterocycles. The first-order chi connectivity index (χ1) is 9.33. The Morgan fingerprint density at radius 3 is 3.05 bits per heavy atom. The third kappa shape index (κ3) is 3.79. The zero-order valence-electron chi connectivity index (χ0n) is 11.3. The Balaban J connectivity index is 2.10. The van der Waals surface area contributed by atoms with Crippen LogP contribution in [0.1, 0.15) is 19.2 Å². The van der Waals surface area contributed by atoms with Gasteiger partial charge in [-0.3, -0.25) is 0 Å². The van der Waals surface area contributed by atoms with Gasteiger partial charge in [-0.1, -0.05) is 18.1 Å². The van der Waals surface area contributed by atoms with Gasteiger partial charge in [0.1, 0.15) is 5.75 Å². The fourth-order valence-electron chi connectivity index (χ4n) is 1.65. The molecule has 5 nitrogen and oxygen atoms in total. The van der Waals surface area contributed by atoms with E-state index in [1.807, 2.05) is 31.3 Å². The van der Waals surface area contributed by atoms with Crippen LogP contribution in [0.15, 0.2) is 28.8 Å². The van der Waals surface area contributed by atoms with Gasteiger partial charge in [-0.25, -0.2) is 0 Å². The van der Waals surface area contributed by atoms with E-state index >= 15 is 0 Å². The van der Waals surface area contributed by atoms with Crippen molar-refractivity contribution in [3.63, 3.8) is 0 Å². The summed E-state index contributed by atoms with van der Waals surface area (Å²) in [5.74, 6) is 2.08. The van der Waals surface area contributed by atoms with E-state index in [9.17, 15) is 0 Å². The van der Waals surface area contributed by atoms with E-state index in [1.54, 1.807) is 0 Å². The van der Waals surface area contributed by atoms with E-state index in [1.165, 1.54) is 0 Å². The molecule has 2 rings (SSSR count). The van der Waals surface area contributed by atoms with Crippen LogP contribution in [0.4, 0.5) is 0 Å². The quantitative estimate of drug-likeness (QED) is 0.828. The van der Waals surface area contributed by atoms with Crippen molar-refractivity contribution in [2.24, 2.45) is 0 Å². The van der Waals surface area contributed by atoms with E-state index < -0.39 is 0 Å². The fraction of sp³-hybridized carbons (Fsp3) is 0.429. The molecule has 0 saturated heterocycles. The molecule has 1 heterocycles. The van der Waals surface area contributed by atoms with Crippen LogP contribution in [-0.4, -0.2) is 30.3 Å². The van der Waals surface area contributed by atoms with Crippen LogP contribution in [0, 0.1) is 0 Å². The van der Waals surface area contributed by atoms with Crippen LogP contribution >= 0.6 is 0 Å². The van der Waals surface area contributed by atoms with Crippen LogP contribution in [0.3, 0.4) is 0 Å². The van der Waals surface area contributed by atoms with E-state index in [0.717, 1.165) is 30.7 Å². The average Bonchev–Trinajstić information content (AvgIpc) is 2.92. The molecule has 0 aliphatic heterocycles. The highest BCUT2D eigenvalue weighted by Crippen LogP contribution is 2.22. The lowest BCUT2D eigenvalue weighted by Gasteiger charge is -2.04. The van der Waals surface area contributed by atoms with Crippen LogP contribution in [-0.2, 0) is 6.42 Å². The normalized spacial score (nSPS) is 10.6. The molecule has 0 fully saturated rings. The Morgan fingerprint density at radius 2 is 2.26 bits per heavy atom. The molecule has 0 radical (unpaired) electrons. The number of likely N-dealkylation sites (N-methyl/N-ethyl adjacent to an activating group) is 1. The van der Waals surface area contributed by atoms with Crippen molar-refractivity contribution in [1.82, 2.24) is 15.5 Å². The van der Waals surface area contributed by atoms with Crippen molar-refractivity contribution in [3.05, 3.63) is 30.1 Å². The third-order valence-electron chi connectivity index (χ3n) is 2.62. The number of hydrogen-bond donors (Lipinski definition) is 1. The molecule has 0 saturated carbocycles. The Labute approximate surface area is 113 Å². The molecule has 0 aliphatic carbocycles. The lowest BCUT2D eigenvalue weighted by molar-refractivity contribution is 0.317. The topological polar surface area (TPSA) is 60.2 Å². The molecule has 102 valence electrons. The SMILES string of the molecule is CCCOc1cccc(-c2nc(CCNC)no2)c1. The summed E-state index contributed by atoms with van der Waals surface area (Å²) < 4.78 is 10.9. The number of ether oxygens (including phenoxy) is 1. The monoisotopic (exact) mass is 261 g/mol. The minimum Gasteiger partial charge on any atom is -0.494 e. The highest BCUT2D eigenvalue weighted by atomic mass is 16.5. The molecule has 5 heteroatoms. The van der Waals surface area contributed by atoms with E-state index in [4.69, 9.17) is 9.26 Å². The first kappa shape index (κ1) is 13.5. The van der Waals surface area contributed by atoms with Gasteiger partial charge in [0.05, 0.1) is 6.61 Å².